The molecule has 5 nitrogen and oxygen atoms in total. The maximum atomic E-state index is 11.4. The van der Waals surface area contributed by atoms with Gasteiger partial charge >= 0.3 is 6.09 Å². The molecular weight excluding hydrogens is 220 g/mol. The van der Waals surface area contributed by atoms with E-state index in [1.165, 1.54) is 0 Å². The highest BCUT2D eigenvalue weighted by Crippen LogP contribution is 2.16. The van der Waals surface area contributed by atoms with Crippen LogP contribution in [-0.4, -0.2) is 32.9 Å². The lowest BCUT2D eigenvalue weighted by Crippen LogP contribution is -2.23. The lowest BCUT2D eigenvalue weighted by Gasteiger charge is -2.08. The molecule has 94 valence electrons. The van der Waals surface area contributed by atoms with Gasteiger partial charge in [0.05, 0.1) is 7.11 Å². The molecule has 0 saturated carbocycles. The van der Waals surface area contributed by atoms with Crippen LogP contribution < -0.4 is 15.4 Å². The fourth-order valence-corrected chi connectivity index (χ4v) is 1.25. The highest BCUT2D eigenvalue weighted by molar-refractivity contribution is 5.84. The van der Waals surface area contributed by atoms with Gasteiger partial charge in [0, 0.05) is 18.3 Å². The lowest BCUT2D eigenvalue weighted by atomic mass is 10.3. The molecule has 0 unspecified atom stereocenters. The zero-order chi connectivity index (χ0) is 12.5. The minimum Gasteiger partial charge on any atom is -0.497 e. The molecule has 0 saturated heterocycles. The lowest BCUT2D eigenvalue weighted by molar-refractivity contribution is 0.162. The minimum atomic E-state index is -0.462. The summed E-state index contributed by atoms with van der Waals surface area (Å²) in [6.45, 7) is 3.86. The van der Waals surface area contributed by atoms with Gasteiger partial charge in [-0.25, -0.2) is 4.79 Å². The zero-order valence-corrected chi connectivity index (χ0v) is 10.2. The summed E-state index contributed by atoms with van der Waals surface area (Å²) in [6.07, 6.45) is -0.462. The van der Waals surface area contributed by atoms with Crippen molar-refractivity contribution < 1.29 is 14.3 Å². The summed E-state index contributed by atoms with van der Waals surface area (Å²) in [5.41, 5.74) is 0.651. The average Bonchev–Trinajstić information content (AvgIpc) is 2.35. The van der Waals surface area contributed by atoms with E-state index in [1.807, 2.05) is 13.0 Å². The Morgan fingerprint density at radius 2 is 2.24 bits per heavy atom. The van der Waals surface area contributed by atoms with Gasteiger partial charge in [0.15, 0.2) is 0 Å². The van der Waals surface area contributed by atoms with Gasteiger partial charge in [-0.15, -0.1) is 0 Å². The second-order valence-electron chi connectivity index (χ2n) is 3.35. The van der Waals surface area contributed by atoms with Gasteiger partial charge in [0.1, 0.15) is 12.4 Å². The SMILES string of the molecule is CCNCCOC(=O)Nc1cccc(OC)c1. The third-order valence-corrected chi connectivity index (χ3v) is 2.08. The van der Waals surface area contributed by atoms with Gasteiger partial charge in [0.2, 0.25) is 0 Å². The molecule has 0 fully saturated rings. The largest absolute Gasteiger partial charge is 0.497 e. The van der Waals surface area contributed by atoms with E-state index >= 15 is 0 Å². The van der Waals surface area contributed by atoms with E-state index in [1.54, 1.807) is 25.3 Å². The number of carbonyl (C=O) groups excluding carboxylic acids is 1. The number of hydrogen-bond donors (Lipinski definition) is 2. The Balaban J connectivity index is 2.34. The van der Waals surface area contributed by atoms with Crippen molar-refractivity contribution in [3.8, 4) is 5.75 Å². The molecule has 1 rings (SSSR count). The van der Waals surface area contributed by atoms with E-state index in [2.05, 4.69) is 10.6 Å². The summed E-state index contributed by atoms with van der Waals surface area (Å²) >= 11 is 0. The van der Waals surface area contributed by atoms with Crippen LogP contribution in [0.1, 0.15) is 6.92 Å². The van der Waals surface area contributed by atoms with E-state index in [9.17, 15) is 4.79 Å². The molecule has 0 atom stereocenters. The maximum Gasteiger partial charge on any atom is 0.411 e. The summed E-state index contributed by atoms with van der Waals surface area (Å²) in [5, 5.41) is 5.69. The number of benzene rings is 1. The van der Waals surface area contributed by atoms with Gasteiger partial charge in [-0.3, -0.25) is 5.32 Å². The van der Waals surface area contributed by atoms with Gasteiger partial charge in [-0.2, -0.15) is 0 Å². The van der Waals surface area contributed by atoms with Crippen LogP contribution >= 0.6 is 0 Å². The van der Waals surface area contributed by atoms with Crippen LogP contribution in [0.25, 0.3) is 0 Å². The molecule has 0 radical (unpaired) electrons. The highest BCUT2D eigenvalue weighted by atomic mass is 16.5. The number of methoxy groups -OCH3 is 1. The number of nitrogens with one attached hydrogen (secondary N) is 2. The topological polar surface area (TPSA) is 59.6 Å². The molecule has 1 aromatic carbocycles. The van der Waals surface area contributed by atoms with Gasteiger partial charge < -0.3 is 14.8 Å². The smallest absolute Gasteiger partial charge is 0.411 e. The Hall–Kier alpha value is -1.75. The van der Waals surface area contributed by atoms with Crippen molar-refractivity contribution in [1.29, 1.82) is 0 Å². The first-order valence-corrected chi connectivity index (χ1v) is 5.54. The molecule has 5 heteroatoms. The standard InChI is InChI=1S/C12H18N2O3/c1-3-13-7-8-17-12(15)14-10-5-4-6-11(9-10)16-2/h4-6,9,13H,3,7-8H2,1-2H3,(H,14,15). The van der Waals surface area contributed by atoms with Crippen molar-refractivity contribution in [3.63, 3.8) is 0 Å². The van der Waals surface area contributed by atoms with Crippen LogP contribution in [0.3, 0.4) is 0 Å². The summed E-state index contributed by atoms with van der Waals surface area (Å²) in [5.74, 6) is 0.690. The molecule has 17 heavy (non-hydrogen) atoms. The predicted octanol–water partition coefficient (Wildman–Crippen LogP) is 1.85. The van der Waals surface area contributed by atoms with E-state index in [0.717, 1.165) is 6.54 Å². The van der Waals surface area contributed by atoms with Gasteiger partial charge in [-0.1, -0.05) is 13.0 Å². The van der Waals surface area contributed by atoms with Crippen LogP contribution in [0.15, 0.2) is 24.3 Å². The second kappa shape index (κ2) is 7.51. The molecular formula is C12H18N2O3. The monoisotopic (exact) mass is 238 g/mol. The highest BCUT2D eigenvalue weighted by Gasteiger charge is 2.03. The molecule has 0 aliphatic heterocycles. The molecule has 0 aromatic heterocycles. The third-order valence-electron chi connectivity index (χ3n) is 2.08. The quantitative estimate of drug-likeness (QED) is 0.743. The predicted molar refractivity (Wildman–Crippen MR) is 66.5 cm³/mol. The fraction of sp³-hybridized carbons (Fsp3) is 0.417. The molecule has 1 amide bonds. The summed E-state index contributed by atoms with van der Waals surface area (Å²) < 4.78 is 10.0. The van der Waals surface area contributed by atoms with Crippen LogP contribution in [-0.2, 0) is 4.74 Å². The van der Waals surface area contributed by atoms with Crippen LogP contribution in [0.2, 0.25) is 0 Å². The molecule has 0 spiro atoms. The van der Waals surface area contributed by atoms with Crippen LogP contribution in [0.5, 0.6) is 5.75 Å². The summed E-state index contributed by atoms with van der Waals surface area (Å²) in [6, 6.07) is 7.11. The van der Waals surface area contributed by atoms with Crippen molar-refractivity contribution in [1.82, 2.24) is 5.32 Å². The van der Waals surface area contributed by atoms with E-state index in [4.69, 9.17) is 9.47 Å². The fourth-order valence-electron chi connectivity index (χ4n) is 1.25. The van der Waals surface area contributed by atoms with Gasteiger partial charge in [-0.05, 0) is 18.7 Å². The van der Waals surface area contributed by atoms with E-state index in [-0.39, 0.29) is 0 Å². The average molecular weight is 238 g/mol. The molecule has 1 aromatic rings. The molecule has 0 aliphatic rings. The minimum absolute atomic E-state index is 0.351. The second-order valence-corrected chi connectivity index (χ2v) is 3.35. The van der Waals surface area contributed by atoms with Gasteiger partial charge in [0.25, 0.3) is 0 Å². The number of rotatable bonds is 6. The third kappa shape index (κ3) is 5.21. The molecule has 0 bridgehead atoms. The number of carbonyl (C=O) groups is 1. The van der Waals surface area contributed by atoms with Crippen molar-refractivity contribution >= 4 is 11.8 Å². The summed E-state index contributed by atoms with van der Waals surface area (Å²) in [7, 11) is 1.58. The summed E-state index contributed by atoms with van der Waals surface area (Å²) in [4.78, 5) is 11.4. The van der Waals surface area contributed by atoms with Crippen molar-refractivity contribution in [2.75, 3.05) is 32.1 Å². The Morgan fingerprint density at radius 3 is 2.94 bits per heavy atom. The number of hydrogen-bond acceptors (Lipinski definition) is 4. The Morgan fingerprint density at radius 1 is 1.41 bits per heavy atom. The first-order chi connectivity index (χ1) is 8.26. The molecule has 2 N–H and O–H groups in total. The van der Waals surface area contributed by atoms with E-state index < -0.39 is 6.09 Å². The van der Waals surface area contributed by atoms with E-state index in [0.29, 0.717) is 24.6 Å². The Bertz CT molecular complexity index is 355. The number of amides is 1. The van der Waals surface area contributed by atoms with Crippen LogP contribution in [0, 0.1) is 0 Å². The molecule has 0 aliphatic carbocycles. The molecule has 0 heterocycles. The number of anilines is 1. The maximum absolute atomic E-state index is 11.4. The number of ether oxygens (including phenoxy) is 2. The van der Waals surface area contributed by atoms with Crippen molar-refractivity contribution in [2.24, 2.45) is 0 Å². The Labute approximate surface area is 101 Å². The first kappa shape index (κ1) is 13.3. The van der Waals surface area contributed by atoms with Crippen molar-refractivity contribution in [2.45, 2.75) is 6.92 Å². The zero-order valence-electron chi connectivity index (χ0n) is 10.2. The number of likely N-dealkylation sites (N-methyl/N-ethyl adjacent to an activating group) is 1. The normalized spacial score (nSPS) is 9.76. The van der Waals surface area contributed by atoms with Crippen molar-refractivity contribution in [3.05, 3.63) is 24.3 Å². The Kier molecular flexibility index (Phi) is 5.88. The first-order valence-electron chi connectivity index (χ1n) is 5.54. The van der Waals surface area contributed by atoms with Crippen LogP contribution in [0.4, 0.5) is 10.5 Å².